The van der Waals surface area contributed by atoms with E-state index in [0.29, 0.717) is 29.3 Å². The molecule has 0 heterocycles. The smallest absolute Gasteiger partial charge is 0.243 e. The van der Waals surface area contributed by atoms with Gasteiger partial charge in [0.1, 0.15) is 11.9 Å². The van der Waals surface area contributed by atoms with Gasteiger partial charge in [-0.25, -0.2) is 4.39 Å². The highest BCUT2D eigenvalue weighted by atomic mass is 35.5. The standard InChI is InChI=1S/C26H32ClFN2O2S/c1-3-24(26(32)29-20-11-6-7-12-20)30(15-19-10-5-4-9-18(19)2)25(31)17-33-16-21-22(27)13-8-14-23(21)28/h4-5,8-10,13-14,20,24H,3,6-7,11-12,15-17H2,1-2H3,(H,29,32). The van der Waals surface area contributed by atoms with Gasteiger partial charge in [-0.1, -0.05) is 61.7 Å². The van der Waals surface area contributed by atoms with E-state index in [1.54, 1.807) is 17.0 Å². The minimum absolute atomic E-state index is 0.0894. The minimum Gasteiger partial charge on any atom is -0.352 e. The maximum absolute atomic E-state index is 14.1. The maximum Gasteiger partial charge on any atom is 0.243 e. The average molecular weight is 491 g/mol. The molecular formula is C26H32ClFN2O2S. The fourth-order valence-corrected chi connectivity index (χ4v) is 5.50. The minimum atomic E-state index is -0.546. The van der Waals surface area contributed by atoms with E-state index in [0.717, 1.165) is 36.8 Å². The molecule has 1 N–H and O–H groups in total. The van der Waals surface area contributed by atoms with E-state index in [9.17, 15) is 14.0 Å². The number of halogens is 2. The lowest BCUT2D eigenvalue weighted by atomic mass is 10.1. The van der Waals surface area contributed by atoms with Crippen LogP contribution < -0.4 is 5.32 Å². The number of rotatable bonds is 10. The van der Waals surface area contributed by atoms with Gasteiger partial charge in [0.05, 0.1) is 5.75 Å². The molecule has 1 aliphatic rings. The number of aryl methyl sites for hydroxylation is 1. The Morgan fingerprint density at radius 2 is 1.91 bits per heavy atom. The van der Waals surface area contributed by atoms with Gasteiger partial charge in [-0.2, -0.15) is 0 Å². The molecule has 0 aliphatic heterocycles. The van der Waals surface area contributed by atoms with Crippen LogP contribution >= 0.6 is 23.4 Å². The zero-order valence-corrected chi connectivity index (χ0v) is 20.9. The second-order valence-electron chi connectivity index (χ2n) is 8.56. The highest BCUT2D eigenvalue weighted by Crippen LogP contribution is 2.25. The lowest BCUT2D eigenvalue weighted by Crippen LogP contribution is -2.51. The molecule has 1 aliphatic carbocycles. The number of benzene rings is 2. The fourth-order valence-electron chi connectivity index (χ4n) is 4.25. The Hall–Kier alpha value is -2.05. The van der Waals surface area contributed by atoms with E-state index in [4.69, 9.17) is 11.6 Å². The molecule has 4 nitrogen and oxygen atoms in total. The number of hydrogen-bond donors (Lipinski definition) is 1. The fraction of sp³-hybridized carbons (Fsp3) is 0.462. The van der Waals surface area contributed by atoms with Gasteiger partial charge in [-0.15, -0.1) is 11.8 Å². The molecule has 0 radical (unpaired) electrons. The van der Waals surface area contributed by atoms with Crippen molar-refractivity contribution in [1.82, 2.24) is 10.2 Å². The van der Waals surface area contributed by atoms with Crippen LogP contribution in [0.15, 0.2) is 42.5 Å². The molecule has 0 spiro atoms. The second kappa shape index (κ2) is 12.4. The Balaban J connectivity index is 1.73. The summed E-state index contributed by atoms with van der Waals surface area (Å²) in [5.74, 6) is -0.163. The molecule has 178 valence electrons. The van der Waals surface area contributed by atoms with Gasteiger partial charge >= 0.3 is 0 Å². The summed E-state index contributed by atoms with van der Waals surface area (Å²) in [7, 11) is 0. The van der Waals surface area contributed by atoms with Crippen molar-refractivity contribution in [2.75, 3.05) is 5.75 Å². The largest absolute Gasteiger partial charge is 0.352 e. The molecule has 2 aromatic rings. The van der Waals surface area contributed by atoms with E-state index in [2.05, 4.69) is 5.32 Å². The van der Waals surface area contributed by atoms with E-state index < -0.39 is 6.04 Å². The third-order valence-electron chi connectivity index (χ3n) is 6.22. The Morgan fingerprint density at radius 1 is 1.18 bits per heavy atom. The molecule has 33 heavy (non-hydrogen) atoms. The number of hydrogen-bond acceptors (Lipinski definition) is 3. The van der Waals surface area contributed by atoms with Crippen molar-refractivity contribution in [3.63, 3.8) is 0 Å². The van der Waals surface area contributed by atoms with Crippen molar-refractivity contribution >= 4 is 35.2 Å². The maximum atomic E-state index is 14.1. The molecule has 1 unspecified atom stereocenters. The number of nitrogens with one attached hydrogen (secondary N) is 1. The summed E-state index contributed by atoms with van der Waals surface area (Å²) in [4.78, 5) is 28.2. The van der Waals surface area contributed by atoms with Crippen molar-refractivity contribution in [1.29, 1.82) is 0 Å². The number of carbonyl (C=O) groups is 2. The van der Waals surface area contributed by atoms with Crippen LogP contribution in [0.2, 0.25) is 5.02 Å². The van der Waals surface area contributed by atoms with Gasteiger partial charge in [0.2, 0.25) is 11.8 Å². The molecule has 1 atom stereocenters. The van der Waals surface area contributed by atoms with Crippen molar-refractivity contribution in [3.05, 3.63) is 70.0 Å². The monoisotopic (exact) mass is 490 g/mol. The van der Waals surface area contributed by atoms with Crippen LogP contribution in [0.4, 0.5) is 4.39 Å². The number of nitrogens with zero attached hydrogens (tertiary/aromatic N) is 1. The van der Waals surface area contributed by atoms with Gasteiger partial charge in [0, 0.05) is 28.9 Å². The molecule has 1 fully saturated rings. The number of amides is 2. The topological polar surface area (TPSA) is 49.4 Å². The van der Waals surface area contributed by atoms with Crippen molar-refractivity contribution in [2.45, 2.75) is 70.3 Å². The van der Waals surface area contributed by atoms with Crippen LogP contribution in [0.5, 0.6) is 0 Å². The molecule has 2 amide bonds. The molecular weight excluding hydrogens is 459 g/mol. The lowest BCUT2D eigenvalue weighted by Gasteiger charge is -2.32. The Labute approximate surface area is 205 Å². The predicted molar refractivity (Wildman–Crippen MR) is 134 cm³/mol. The van der Waals surface area contributed by atoms with Crippen LogP contribution in [0.3, 0.4) is 0 Å². The predicted octanol–water partition coefficient (Wildman–Crippen LogP) is 5.89. The highest BCUT2D eigenvalue weighted by molar-refractivity contribution is 7.99. The molecule has 3 rings (SSSR count). The first-order valence-electron chi connectivity index (χ1n) is 11.6. The molecule has 0 bridgehead atoms. The quantitative estimate of drug-likeness (QED) is 0.452. The summed E-state index contributed by atoms with van der Waals surface area (Å²) < 4.78 is 14.1. The molecule has 7 heteroatoms. The van der Waals surface area contributed by atoms with Crippen molar-refractivity contribution in [3.8, 4) is 0 Å². The summed E-state index contributed by atoms with van der Waals surface area (Å²) in [6, 6.07) is 12.1. The van der Waals surface area contributed by atoms with Gasteiger partial charge in [-0.3, -0.25) is 9.59 Å². The van der Waals surface area contributed by atoms with Gasteiger partial charge in [-0.05, 0) is 49.4 Å². The summed E-state index contributed by atoms with van der Waals surface area (Å²) in [5.41, 5.74) is 2.49. The molecule has 0 saturated heterocycles. The first-order valence-corrected chi connectivity index (χ1v) is 13.1. The van der Waals surface area contributed by atoms with E-state index in [1.807, 2.05) is 38.1 Å². The van der Waals surface area contributed by atoms with E-state index in [1.165, 1.54) is 17.8 Å². The molecule has 1 saturated carbocycles. The van der Waals surface area contributed by atoms with Crippen LogP contribution in [0.25, 0.3) is 0 Å². The van der Waals surface area contributed by atoms with E-state index >= 15 is 0 Å². The normalized spacial score (nSPS) is 14.8. The van der Waals surface area contributed by atoms with Crippen molar-refractivity contribution in [2.24, 2.45) is 0 Å². The van der Waals surface area contributed by atoms with Gasteiger partial charge in [0.25, 0.3) is 0 Å². The first-order chi connectivity index (χ1) is 15.9. The average Bonchev–Trinajstić information content (AvgIpc) is 3.29. The summed E-state index contributed by atoms with van der Waals surface area (Å²) in [5, 5.41) is 3.51. The Morgan fingerprint density at radius 3 is 2.58 bits per heavy atom. The first kappa shape index (κ1) is 25.6. The molecule has 0 aromatic heterocycles. The SMILES string of the molecule is CCC(C(=O)NC1CCCC1)N(Cc1ccccc1C)C(=O)CSCc1c(F)cccc1Cl. The third kappa shape index (κ3) is 6.97. The summed E-state index contributed by atoms with van der Waals surface area (Å²) in [6.45, 7) is 4.30. The summed E-state index contributed by atoms with van der Waals surface area (Å²) >= 11 is 7.44. The van der Waals surface area contributed by atoms with Crippen LogP contribution in [0.1, 0.15) is 55.7 Å². The number of carbonyl (C=O) groups excluding carboxylic acids is 2. The Bertz CT molecular complexity index is 945. The van der Waals surface area contributed by atoms with Crippen molar-refractivity contribution < 1.29 is 14.0 Å². The van der Waals surface area contributed by atoms with Crippen LogP contribution in [-0.2, 0) is 21.9 Å². The Kier molecular flexibility index (Phi) is 9.63. The van der Waals surface area contributed by atoms with Crippen LogP contribution in [-0.4, -0.2) is 34.6 Å². The van der Waals surface area contributed by atoms with Gasteiger partial charge in [0.15, 0.2) is 0 Å². The number of thioether (sulfide) groups is 1. The third-order valence-corrected chi connectivity index (χ3v) is 7.52. The zero-order chi connectivity index (χ0) is 23.8. The lowest BCUT2D eigenvalue weighted by molar-refractivity contribution is -0.139. The zero-order valence-electron chi connectivity index (χ0n) is 19.3. The van der Waals surface area contributed by atoms with Crippen LogP contribution in [0, 0.1) is 12.7 Å². The van der Waals surface area contributed by atoms with E-state index in [-0.39, 0.29) is 29.4 Å². The second-order valence-corrected chi connectivity index (χ2v) is 9.95. The highest BCUT2D eigenvalue weighted by Gasteiger charge is 2.30. The molecule has 2 aromatic carbocycles. The summed E-state index contributed by atoms with van der Waals surface area (Å²) in [6.07, 6.45) is 4.77. The van der Waals surface area contributed by atoms with Gasteiger partial charge < -0.3 is 10.2 Å².